The summed E-state index contributed by atoms with van der Waals surface area (Å²) >= 11 is 3.18. The van der Waals surface area contributed by atoms with Gasteiger partial charge in [0.25, 0.3) is 0 Å². The fourth-order valence-electron chi connectivity index (χ4n) is 1.92. The summed E-state index contributed by atoms with van der Waals surface area (Å²) in [4.78, 5) is 4.29. The fourth-order valence-corrected chi connectivity index (χ4v) is 2.26. The van der Waals surface area contributed by atoms with E-state index in [1.54, 1.807) is 18.3 Å². The van der Waals surface area contributed by atoms with Crippen LogP contribution in [0, 0.1) is 5.82 Å². The molecule has 0 aliphatic heterocycles. The number of benzene rings is 2. The average molecular weight is 344 g/mol. The normalized spacial score (nSPS) is 10.4. The molecule has 0 unspecified atom stereocenters. The van der Waals surface area contributed by atoms with Gasteiger partial charge in [-0.3, -0.25) is 4.98 Å². The molecule has 0 amide bonds. The van der Waals surface area contributed by atoms with Crippen LogP contribution in [0.5, 0.6) is 11.5 Å². The number of hydrogen-bond acceptors (Lipinski definition) is 2. The van der Waals surface area contributed by atoms with Gasteiger partial charge in [0.1, 0.15) is 17.3 Å². The van der Waals surface area contributed by atoms with E-state index in [4.69, 9.17) is 4.74 Å². The monoisotopic (exact) mass is 343 g/mol. The third-order valence-electron chi connectivity index (χ3n) is 2.96. The highest BCUT2D eigenvalue weighted by molar-refractivity contribution is 9.10. The van der Waals surface area contributed by atoms with E-state index in [1.165, 1.54) is 6.07 Å². The van der Waals surface area contributed by atoms with Crippen LogP contribution in [0.15, 0.2) is 71.3 Å². The van der Waals surface area contributed by atoms with Gasteiger partial charge < -0.3 is 4.74 Å². The minimum Gasteiger partial charge on any atom is -0.456 e. The number of halogens is 2. The molecule has 0 aliphatic carbocycles. The van der Waals surface area contributed by atoms with E-state index >= 15 is 0 Å². The molecule has 0 aliphatic rings. The number of hydrogen-bond donors (Lipinski definition) is 0. The van der Waals surface area contributed by atoms with Gasteiger partial charge >= 0.3 is 0 Å². The lowest BCUT2D eigenvalue weighted by molar-refractivity contribution is 0.472. The highest BCUT2D eigenvalue weighted by atomic mass is 79.9. The number of pyridine rings is 1. The Morgan fingerprint density at radius 1 is 0.905 bits per heavy atom. The summed E-state index contributed by atoms with van der Waals surface area (Å²) in [5, 5.41) is 0. The minimum absolute atomic E-state index is 0.318. The predicted molar refractivity (Wildman–Crippen MR) is 83.8 cm³/mol. The molecule has 0 spiro atoms. The van der Waals surface area contributed by atoms with E-state index in [-0.39, 0.29) is 5.82 Å². The van der Waals surface area contributed by atoms with Crippen LogP contribution in [-0.4, -0.2) is 4.98 Å². The fraction of sp³-hybridized carbons (Fsp3) is 0. The molecule has 1 aromatic heterocycles. The van der Waals surface area contributed by atoms with Gasteiger partial charge in [0, 0.05) is 11.8 Å². The van der Waals surface area contributed by atoms with Crippen molar-refractivity contribution in [1.82, 2.24) is 4.98 Å². The SMILES string of the molecule is Fc1cccc(Oc2ccc(-c3ccccn3)cc2)c1Br. The first-order valence-corrected chi connectivity index (χ1v) is 7.17. The highest BCUT2D eigenvalue weighted by Crippen LogP contribution is 2.32. The number of nitrogens with zero attached hydrogens (tertiary/aromatic N) is 1. The summed E-state index contributed by atoms with van der Waals surface area (Å²) < 4.78 is 19.4. The Balaban J connectivity index is 1.83. The third-order valence-corrected chi connectivity index (χ3v) is 3.73. The van der Waals surface area contributed by atoms with Gasteiger partial charge in [0.05, 0.1) is 10.2 Å². The molecule has 0 atom stereocenters. The lowest BCUT2D eigenvalue weighted by Crippen LogP contribution is -1.88. The summed E-state index contributed by atoms with van der Waals surface area (Å²) in [5.74, 6) is 0.735. The Hall–Kier alpha value is -2.20. The number of aromatic nitrogens is 1. The smallest absolute Gasteiger partial charge is 0.144 e. The zero-order valence-electron chi connectivity index (χ0n) is 11.0. The molecule has 4 heteroatoms. The van der Waals surface area contributed by atoms with Gasteiger partial charge in [-0.05, 0) is 64.5 Å². The first kappa shape index (κ1) is 13.8. The molecule has 0 saturated carbocycles. The van der Waals surface area contributed by atoms with Gasteiger partial charge in [0.2, 0.25) is 0 Å². The van der Waals surface area contributed by atoms with Crippen molar-refractivity contribution in [2.24, 2.45) is 0 Å². The molecule has 3 rings (SSSR count). The van der Waals surface area contributed by atoms with E-state index < -0.39 is 0 Å². The van der Waals surface area contributed by atoms with E-state index in [9.17, 15) is 4.39 Å². The largest absolute Gasteiger partial charge is 0.456 e. The molecular formula is C17H11BrFNO. The molecule has 21 heavy (non-hydrogen) atoms. The van der Waals surface area contributed by atoms with E-state index in [2.05, 4.69) is 20.9 Å². The Morgan fingerprint density at radius 2 is 1.71 bits per heavy atom. The molecule has 3 aromatic rings. The van der Waals surface area contributed by atoms with E-state index in [1.807, 2.05) is 42.5 Å². The molecule has 2 aromatic carbocycles. The van der Waals surface area contributed by atoms with Crippen molar-refractivity contribution in [2.45, 2.75) is 0 Å². The van der Waals surface area contributed by atoms with E-state index in [0.717, 1.165) is 11.3 Å². The second kappa shape index (κ2) is 6.06. The van der Waals surface area contributed by atoms with Crippen molar-refractivity contribution in [2.75, 3.05) is 0 Å². The van der Waals surface area contributed by atoms with Gasteiger partial charge in [0.15, 0.2) is 0 Å². The molecule has 0 radical (unpaired) electrons. The molecule has 0 N–H and O–H groups in total. The lowest BCUT2D eigenvalue weighted by Gasteiger charge is -2.08. The standard InChI is InChI=1S/C17H11BrFNO/c18-17-14(19)4-3-6-16(17)21-13-9-7-12(8-10-13)15-5-1-2-11-20-15/h1-11H. The maximum Gasteiger partial charge on any atom is 0.144 e. The number of ether oxygens (including phenoxy) is 1. The van der Waals surface area contributed by atoms with Crippen LogP contribution in [0.4, 0.5) is 4.39 Å². The Bertz CT molecular complexity index is 744. The second-order valence-corrected chi connectivity index (χ2v) is 5.19. The summed E-state index contributed by atoms with van der Waals surface area (Å²) in [6.07, 6.45) is 1.75. The van der Waals surface area contributed by atoms with Crippen LogP contribution < -0.4 is 4.74 Å². The van der Waals surface area contributed by atoms with Gasteiger partial charge in [-0.1, -0.05) is 12.1 Å². The van der Waals surface area contributed by atoms with Crippen LogP contribution in [0.2, 0.25) is 0 Å². The van der Waals surface area contributed by atoms with Gasteiger partial charge in [-0.2, -0.15) is 0 Å². The Labute approximate surface area is 130 Å². The summed E-state index contributed by atoms with van der Waals surface area (Å²) in [6.45, 7) is 0. The quantitative estimate of drug-likeness (QED) is 0.631. The molecule has 1 heterocycles. The second-order valence-electron chi connectivity index (χ2n) is 4.39. The van der Waals surface area contributed by atoms with Crippen LogP contribution in [0.3, 0.4) is 0 Å². The summed E-state index contributed by atoms with van der Waals surface area (Å²) in [5.41, 5.74) is 1.90. The van der Waals surface area contributed by atoms with Crippen molar-refractivity contribution in [1.29, 1.82) is 0 Å². The van der Waals surface area contributed by atoms with Crippen LogP contribution >= 0.6 is 15.9 Å². The summed E-state index contributed by atoms with van der Waals surface area (Å²) in [7, 11) is 0. The van der Waals surface area contributed by atoms with Crippen molar-refractivity contribution in [3.8, 4) is 22.8 Å². The van der Waals surface area contributed by atoms with Crippen LogP contribution in [0.1, 0.15) is 0 Å². The van der Waals surface area contributed by atoms with Crippen molar-refractivity contribution >= 4 is 15.9 Å². The zero-order valence-corrected chi connectivity index (χ0v) is 12.5. The maximum absolute atomic E-state index is 13.4. The van der Waals surface area contributed by atoms with Gasteiger partial charge in [-0.25, -0.2) is 4.39 Å². The highest BCUT2D eigenvalue weighted by Gasteiger charge is 2.07. The van der Waals surface area contributed by atoms with Crippen LogP contribution in [-0.2, 0) is 0 Å². The average Bonchev–Trinajstić information content (AvgIpc) is 2.53. The molecular weight excluding hydrogens is 333 g/mol. The molecule has 104 valence electrons. The maximum atomic E-state index is 13.4. The Morgan fingerprint density at radius 3 is 2.43 bits per heavy atom. The Kier molecular flexibility index (Phi) is 3.97. The molecule has 0 bridgehead atoms. The van der Waals surface area contributed by atoms with Crippen molar-refractivity contribution in [3.05, 3.63) is 77.2 Å². The predicted octanol–water partition coefficient (Wildman–Crippen LogP) is 5.44. The first-order chi connectivity index (χ1) is 10.2. The topological polar surface area (TPSA) is 22.1 Å². The molecule has 0 saturated heterocycles. The third kappa shape index (κ3) is 3.11. The summed E-state index contributed by atoms with van der Waals surface area (Å²) in [6, 6.07) is 18.0. The zero-order chi connectivity index (χ0) is 14.7. The van der Waals surface area contributed by atoms with Crippen molar-refractivity contribution < 1.29 is 9.13 Å². The van der Waals surface area contributed by atoms with Gasteiger partial charge in [-0.15, -0.1) is 0 Å². The number of rotatable bonds is 3. The molecule has 0 fully saturated rings. The lowest BCUT2D eigenvalue weighted by atomic mass is 10.1. The first-order valence-electron chi connectivity index (χ1n) is 6.37. The molecule has 2 nitrogen and oxygen atoms in total. The minimum atomic E-state index is -0.349. The van der Waals surface area contributed by atoms with Crippen molar-refractivity contribution in [3.63, 3.8) is 0 Å². The van der Waals surface area contributed by atoms with E-state index in [0.29, 0.717) is 16.0 Å². The van der Waals surface area contributed by atoms with Crippen LogP contribution in [0.25, 0.3) is 11.3 Å².